The number of carbonyl (C=O) groups is 1. The summed E-state index contributed by atoms with van der Waals surface area (Å²) in [5.41, 5.74) is 3.37. The van der Waals surface area contributed by atoms with Gasteiger partial charge in [0, 0.05) is 11.6 Å². The highest BCUT2D eigenvalue weighted by molar-refractivity contribution is 6.30. The third kappa shape index (κ3) is 4.88. The van der Waals surface area contributed by atoms with Crippen LogP contribution in [0, 0.1) is 5.82 Å². The van der Waals surface area contributed by atoms with E-state index >= 15 is 0 Å². The summed E-state index contributed by atoms with van der Waals surface area (Å²) in [6.45, 7) is 0.468. The number of rotatable bonds is 5. The molecule has 1 aromatic heterocycles. The molecular formula is C31H27ClFN3O3. The van der Waals surface area contributed by atoms with Gasteiger partial charge in [0.15, 0.2) is 6.10 Å². The minimum Gasteiger partial charge on any atom is -0.378 e. The second-order valence-corrected chi connectivity index (χ2v) is 10.8. The Labute approximate surface area is 230 Å². The number of aliphatic hydroxyl groups is 1. The van der Waals surface area contributed by atoms with E-state index in [-0.39, 0.29) is 22.5 Å². The van der Waals surface area contributed by atoms with Crippen molar-refractivity contribution in [3.05, 3.63) is 122 Å². The summed E-state index contributed by atoms with van der Waals surface area (Å²) in [5.74, 6) is -0.281. The molecule has 2 aliphatic rings. The van der Waals surface area contributed by atoms with Gasteiger partial charge in [0.25, 0.3) is 11.5 Å². The van der Waals surface area contributed by atoms with Gasteiger partial charge in [-0.05, 0) is 72.2 Å². The van der Waals surface area contributed by atoms with Crippen LogP contribution in [0.25, 0.3) is 11.1 Å². The summed E-state index contributed by atoms with van der Waals surface area (Å²) in [7, 11) is 0. The first-order valence-corrected chi connectivity index (χ1v) is 13.4. The zero-order chi connectivity index (χ0) is 27.1. The van der Waals surface area contributed by atoms with Crippen LogP contribution < -0.4 is 5.56 Å². The van der Waals surface area contributed by atoms with Gasteiger partial charge in [0.1, 0.15) is 11.6 Å². The average Bonchev–Trinajstić information content (AvgIpc) is 3.77. The summed E-state index contributed by atoms with van der Waals surface area (Å²) in [5, 5.41) is 11.3. The van der Waals surface area contributed by atoms with E-state index in [0.29, 0.717) is 53.2 Å². The lowest BCUT2D eigenvalue weighted by Crippen LogP contribution is -2.36. The van der Waals surface area contributed by atoms with E-state index in [9.17, 15) is 19.1 Å². The van der Waals surface area contributed by atoms with Crippen molar-refractivity contribution in [3.8, 4) is 11.1 Å². The minimum absolute atomic E-state index is 0.0748. The van der Waals surface area contributed by atoms with Gasteiger partial charge in [-0.3, -0.25) is 9.59 Å². The van der Waals surface area contributed by atoms with Crippen molar-refractivity contribution in [3.63, 3.8) is 0 Å². The van der Waals surface area contributed by atoms with Crippen molar-refractivity contribution in [1.29, 1.82) is 0 Å². The lowest BCUT2D eigenvalue weighted by atomic mass is 9.94. The summed E-state index contributed by atoms with van der Waals surface area (Å²) < 4.78 is 13.9. The first kappa shape index (κ1) is 25.5. The molecule has 0 spiro atoms. The van der Waals surface area contributed by atoms with Crippen LogP contribution >= 0.6 is 11.6 Å². The molecule has 1 saturated carbocycles. The van der Waals surface area contributed by atoms with Crippen molar-refractivity contribution in [2.75, 3.05) is 6.54 Å². The fraction of sp³-hybridized carbons (Fsp3) is 0.258. The molecule has 1 unspecified atom stereocenters. The van der Waals surface area contributed by atoms with Crippen LogP contribution in [0.4, 0.5) is 4.39 Å². The van der Waals surface area contributed by atoms with Crippen molar-refractivity contribution in [2.45, 2.75) is 43.7 Å². The maximum absolute atomic E-state index is 13.9. The normalized spacial score (nSPS) is 16.7. The van der Waals surface area contributed by atoms with Gasteiger partial charge < -0.3 is 15.0 Å². The Bertz CT molecular complexity index is 1600. The smallest absolute Gasteiger partial charge is 0.256 e. The van der Waals surface area contributed by atoms with Gasteiger partial charge in [0.05, 0.1) is 23.2 Å². The molecule has 4 aromatic rings. The molecule has 2 heterocycles. The SMILES string of the molecule is O=C(C(O)c1cccc(-c2cc(F)cc(Cl)c2)c1)N1CCCc2nc(C3(c4ccccc4)CC3)[nH]c(=O)c2C1. The predicted molar refractivity (Wildman–Crippen MR) is 147 cm³/mol. The summed E-state index contributed by atoms with van der Waals surface area (Å²) in [6, 6.07) is 21.1. The van der Waals surface area contributed by atoms with Gasteiger partial charge >= 0.3 is 0 Å². The van der Waals surface area contributed by atoms with Crippen LogP contribution in [0.5, 0.6) is 0 Å². The number of nitrogens with zero attached hydrogens (tertiary/aromatic N) is 2. The summed E-state index contributed by atoms with van der Waals surface area (Å²) in [4.78, 5) is 36.1. The number of fused-ring (bicyclic) bond motifs is 1. The monoisotopic (exact) mass is 543 g/mol. The molecule has 1 fully saturated rings. The Morgan fingerprint density at radius 1 is 1.05 bits per heavy atom. The van der Waals surface area contributed by atoms with Crippen LogP contribution in [-0.2, 0) is 23.2 Å². The van der Waals surface area contributed by atoms with Crippen molar-refractivity contribution < 1.29 is 14.3 Å². The Hall–Kier alpha value is -3.81. The Morgan fingerprint density at radius 3 is 2.59 bits per heavy atom. The lowest BCUT2D eigenvalue weighted by molar-refractivity contribution is -0.141. The standard InChI is InChI=1S/C31H27ClFN3O3/c32-23-15-21(16-24(33)17-23)19-6-4-7-20(14-19)27(37)29(39)36-13-5-10-26-25(18-36)28(38)35-30(34-26)31(11-12-31)22-8-2-1-3-9-22/h1-4,6-9,14-17,27,37H,5,10-13,18H2,(H,34,35,38). The quantitative estimate of drug-likeness (QED) is 0.357. The molecule has 0 saturated heterocycles. The third-order valence-electron chi connectivity index (χ3n) is 7.77. The zero-order valence-electron chi connectivity index (χ0n) is 21.2. The number of carbonyl (C=O) groups excluding carboxylic acids is 1. The molecule has 3 aromatic carbocycles. The summed E-state index contributed by atoms with van der Waals surface area (Å²) >= 11 is 6.01. The number of hydrogen-bond donors (Lipinski definition) is 2. The van der Waals surface area contributed by atoms with E-state index in [1.165, 1.54) is 17.0 Å². The molecule has 8 heteroatoms. The molecule has 1 aliphatic carbocycles. The minimum atomic E-state index is -1.44. The van der Waals surface area contributed by atoms with Gasteiger partial charge in [0.2, 0.25) is 0 Å². The second kappa shape index (κ2) is 10.1. The number of aromatic nitrogens is 2. The Morgan fingerprint density at radius 2 is 1.85 bits per heavy atom. The molecule has 2 N–H and O–H groups in total. The molecule has 1 aliphatic heterocycles. The summed E-state index contributed by atoms with van der Waals surface area (Å²) in [6.07, 6.45) is 1.62. The molecule has 6 rings (SSSR count). The number of aromatic amines is 1. The maximum Gasteiger partial charge on any atom is 0.256 e. The number of amides is 1. The van der Waals surface area contributed by atoms with Crippen LogP contribution in [0.1, 0.15) is 53.6 Å². The number of H-pyrrole nitrogens is 1. The van der Waals surface area contributed by atoms with E-state index in [1.807, 2.05) is 18.2 Å². The lowest BCUT2D eigenvalue weighted by Gasteiger charge is -2.24. The number of nitrogens with one attached hydrogen (secondary N) is 1. The zero-order valence-corrected chi connectivity index (χ0v) is 21.9. The highest BCUT2D eigenvalue weighted by atomic mass is 35.5. The highest BCUT2D eigenvalue weighted by Gasteiger charge is 2.48. The van der Waals surface area contributed by atoms with Gasteiger partial charge in [-0.15, -0.1) is 0 Å². The van der Waals surface area contributed by atoms with Crippen molar-refractivity contribution in [1.82, 2.24) is 14.9 Å². The molecule has 39 heavy (non-hydrogen) atoms. The van der Waals surface area contributed by atoms with Gasteiger partial charge in [-0.25, -0.2) is 9.37 Å². The van der Waals surface area contributed by atoms with Crippen LogP contribution in [0.3, 0.4) is 0 Å². The largest absolute Gasteiger partial charge is 0.378 e. The fourth-order valence-electron chi connectivity index (χ4n) is 5.51. The molecular weight excluding hydrogens is 517 g/mol. The number of halogens is 2. The molecule has 198 valence electrons. The van der Waals surface area contributed by atoms with E-state index in [1.54, 1.807) is 30.3 Å². The molecule has 0 bridgehead atoms. The number of aryl methyl sites for hydroxylation is 1. The maximum atomic E-state index is 13.9. The molecule has 6 nitrogen and oxygen atoms in total. The fourth-order valence-corrected chi connectivity index (χ4v) is 5.73. The van der Waals surface area contributed by atoms with Gasteiger partial charge in [-0.2, -0.15) is 0 Å². The van der Waals surface area contributed by atoms with Gasteiger partial charge in [-0.1, -0.05) is 60.1 Å². The Balaban J connectivity index is 1.25. The van der Waals surface area contributed by atoms with Crippen molar-refractivity contribution in [2.24, 2.45) is 0 Å². The molecule has 1 amide bonds. The van der Waals surface area contributed by atoms with E-state index in [0.717, 1.165) is 18.4 Å². The number of hydrogen-bond acceptors (Lipinski definition) is 4. The number of aliphatic hydroxyl groups excluding tert-OH is 1. The van der Waals surface area contributed by atoms with Crippen LogP contribution in [0.15, 0.2) is 77.6 Å². The topological polar surface area (TPSA) is 86.3 Å². The first-order valence-electron chi connectivity index (χ1n) is 13.1. The third-order valence-corrected chi connectivity index (χ3v) is 7.98. The van der Waals surface area contributed by atoms with Crippen LogP contribution in [-0.4, -0.2) is 32.4 Å². The average molecular weight is 544 g/mol. The molecule has 1 atom stereocenters. The van der Waals surface area contributed by atoms with E-state index < -0.39 is 17.8 Å². The van der Waals surface area contributed by atoms with Crippen LogP contribution in [0.2, 0.25) is 5.02 Å². The van der Waals surface area contributed by atoms with E-state index in [4.69, 9.17) is 16.6 Å². The first-order chi connectivity index (χ1) is 18.8. The molecule has 0 radical (unpaired) electrons. The van der Waals surface area contributed by atoms with Crippen molar-refractivity contribution >= 4 is 17.5 Å². The second-order valence-electron chi connectivity index (χ2n) is 10.3. The Kier molecular flexibility index (Phi) is 6.57. The number of benzene rings is 3. The van der Waals surface area contributed by atoms with E-state index in [2.05, 4.69) is 17.1 Å². The highest BCUT2D eigenvalue weighted by Crippen LogP contribution is 2.52. The predicted octanol–water partition coefficient (Wildman–Crippen LogP) is 5.32.